The SMILES string of the molecule is COc1cc(C(=O)ONC(=O)c2ccc(C(=O)NOC(=O)c3cc(OC)c(OC)c(OC)c3)cc2)cc(OC)c1OC. The van der Waals surface area contributed by atoms with Crippen LogP contribution in [0.25, 0.3) is 0 Å². The molecule has 0 atom stereocenters. The van der Waals surface area contributed by atoms with E-state index in [0.717, 1.165) is 0 Å². The van der Waals surface area contributed by atoms with Crippen LogP contribution in [0.2, 0.25) is 0 Å². The third-order valence-corrected chi connectivity index (χ3v) is 5.68. The molecule has 0 saturated carbocycles. The molecule has 42 heavy (non-hydrogen) atoms. The highest BCUT2D eigenvalue weighted by molar-refractivity contribution is 5.99. The maximum Gasteiger partial charge on any atom is 0.363 e. The van der Waals surface area contributed by atoms with Crippen LogP contribution < -0.4 is 39.4 Å². The summed E-state index contributed by atoms with van der Waals surface area (Å²) in [5, 5.41) is 0. The number of benzene rings is 3. The van der Waals surface area contributed by atoms with Crippen molar-refractivity contribution < 1.29 is 57.3 Å². The van der Waals surface area contributed by atoms with Crippen LogP contribution in [0.15, 0.2) is 48.5 Å². The van der Waals surface area contributed by atoms with Crippen molar-refractivity contribution in [2.75, 3.05) is 42.7 Å². The largest absolute Gasteiger partial charge is 0.493 e. The molecule has 0 saturated heterocycles. The Morgan fingerprint density at radius 1 is 0.452 bits per heavy atom. The van der Waals surface area contributed by atoms with Crippen molar-refractivity contribution in [2.45, 2.75) is 0 Å². The normalized spacial score (nSPS) is 10.0. The summed E-state index contributed by atoms with van der Waals surface area (Å²) < 4.78 is 31.2. The molecule has 3 rings (SSSR count). The number of rotatable bonds is 10. The molecule has 14 nitrogen and oxygen atoms in total. The third kappa shape index (κ3) is 6.91. The van der Waals surface area contributed by atoms with Gasteiger partial charge in [-0.2, -0.15) is 11.0 Å². The van der Waals surface area contributed by atoms with Gasteiger partial charge in [0, 0.05) is 11.1 Å². The molecule has 0 spiro atoms. The molecule has 2 N–H and O–H groups in total. The van der Waals surface area contributed by atoms with Crippen LogP contribution in [-0.2, 0) is 9.68 Å². The summed E-state index contributed by atoms with van der Waals surface area (Å²) >= 11 is 0. The van der Waals surface area contributed by atoms with Crippen molar-refractivity contribution in [1.82, 2.24) is 11.0 Å². The van der Waals surface area contributed by atoms with Crippen LogP contribution in [0.4, 0.5) is 0 Å². The van der Waals surface area contributed by atoms with E-state index < -0.39 is 23.8 Å². The number of amides is 2. The van der Waals surface area contributed by atoms with Crippen molar-refractivity contribution >= 4 is 23.8 Å². The number of hydrogen-bond donors (Lipinski definition) is 2. The van der Waals surface area contributed by atoms with Crippen LogP contribution in [-0.4, -0.2) is 66.4 Å². The highest BCUT2D eigenvalue weighted by atomic mass is 16.7. The molecule has 14 heteroatoms. The van der Waals surface area contributed by atoms with E-state index >= 15 is 0 Å². The number of ether oxygens (including phenoxy) is 6. The molecule has 0 bridgehead atoms. The Labute approximate surface area is 240 Å². The van der Waals surface area contributed by atoms with Gasteiger partial charge in [-0.15, -0.1) is 0 Å². The van der Waals surface area contributed by atoms with Gasteiger partial charge < -0.3 is 38.1 Å². The summed E-state index contributed by atoms with van der Waals surface area (Å²) in [5.74, 6) is -1.89. The van der Waals surface area contributed by atoms with Gasteiger partial charge in [0.2, 0.25) is 11.5 Å². The molecule has 0 fully saturated rings. The third-order valence-electron chi connectivity index (χ3n) is 5.68. The minimum atomic E-state index is -0.896. The molecule has 0 aliphatic rings. The summed E-state index contributed by atoms with van der Waals surface area (Å²) in [6, 6.07) is 10.7. The predicted molar refractivity (Wildman–Crippen MR) is 144 cm³/mol. The number of methoxy groups -OCH3 is 6. The Kier molecular flexibility index (Phi) is 10.4. The van der Waals surface area contributed by atoms with Gasteiger partial charge in [-0.1, -0.05) is 0 Å². The topological polar surface area (TPSA) is 166 Å². The second kappa shape index (κ2) is 14.1. The molecule has 0 aromatic heterocycles. The molecule has 0 unspecified atom stereocenters. The van der Waals surface area contributed by atoms with E-state index in [1.54, 1.807) is 0 Å². The van der Waals surface area contributed by atoms with Gasteiger partial charge in [0.25, 0.3) is 11.8 Å². The van der Waals surface area contributed by atoms with E-state index in [9.17, 15) is 19.2 Å². The molecule has 3 aromatic carbocycles. The molecule has 222 valence electrons. The van der Waals surface area contributed by atoms with Gasteiger partial charge in [-0.25, -0.2) is 9.59 Å². The fraction of sp³-hybridized carbons (Fsp3) is 0.214. The minimum absolute atomic E-state index is 0.0258. The van der Waals surface area contributed by atoms with Crippen LogP contribution in [0.5, 0.6) is 34.5 Å². The van der Waals surface area contributed by atoms with Gasteiger partial charge in [0.15, 0.2) is 23.0 Å². The van der Waals surface area contributed by atoms with Gasteiger partial charge in [-0.3, -0.25) is 9.59 Å². The lowest BCUT2D eigenvalue weighted by Gasteiger charge is -2.14. The summed E-state index contributed by atoms with van der Waals surface area (Å²) in [5.41, 5.74) is 4.26. The molecule has 0 radical (unpaired) electrons. The Morgan fingerprint density at radius 2 is 0.738 bits per heavy atom. The Bertz CT molecular complexity index is 1310. The van der Waals surface area contributed by atoms with E-state index in [0.29, 0.717) is 0 Å². The fourth-order valence-electron chi connectivity index (χ4n) is 3.59. The number of nitrogens with one attached hydrogen (secondary N) is 2. The van der Waals surface area contributed by atoms with Gasteiger partial charge in [0.1, 0.15) is 0 Å². The van der Waals surface area contributed by atoms with Gasteiger partial charge in [-0.05, 0) is 48.5 Å². The lowest BCUT2D eigenvalue weighted by Crippen LogP contribution is -2.28. The molecule has 0 aliphatic carbocycles. The number of carbonyl (C=O) groups excluding carboxylic acids is 4. The molecule has 3 aromatic rings. The standard InChI is InChI=1S/C28H28N2O12/c1-35-19-11-17(12-20(36-2)23(19)39-5)27(33)41-29-25(31)15-7-9-16(10-8-15)26(32)30-42-28(34)18-13-21(37-3)24(40-6)22(14-18)38-4/h7-14H,1-6H3,(H,29,31)(H,30,32). The first-order chi connectivity index (χ1) is 20.2. The first kappa shape index (κ1) is 30.9. The minimum Gasteiger partial charge on any atom is -0.493 e. The Balaban J connectivity index is 1.59. The second-order valence-electron chi connectivity index (χ2n) is 8.05. The zero-order valence-electron chi connectivity index (χ0n) is 23.5. The van der Waals surface area contributed by atoms with Crippen molar-refractivity contribution in [2.24, 2.45) is 0 Å². The zero-order valence-corrected chi connectivity index (χ0v) is 23.5. The second-order valence-corrected chi connectivity index (χ2v) is 8.05. The fourth-order valence-corrected chi connectivity index (χ4v) is 3.59. The van der Waals surface area contributed by atoms with Gasteiger partial charge >= 0.3 is 11.9 Å². The van der Waals surface area contributed by atoms with Crippen molar-refractivity contribution in [3.63, 3.8) is 0 Å². The van der Waals surface area contributed by atoms with E-state index in [1.165, 1.54) is 91.2 Å². The summed E-state index contributed by atoms with van der Waals surface area (Å²) in [4.78, 5) is 59.7. The molecule has 0 heterocycles. The molecular weight excluding hydrogens is 556 g/mol. The van der Waals surface area contributed by atoms with Crippen molar-refractivity contribution in [3.05, 3.63) is 70.8 Å². The number of hydrogen-bond acceptors (Lipinski definition) is 12. The van der Waals surface area contributed by atoms with E-state index in [2.05, 4.69) is 0 Å². The van der Waals surface area contributed by atoms with E-state index in [4.69, 9.17) is 38.1 Å². The average molecular weight is 585 g/mol. The Morgan fingerprint density at radius 3 is 0.976 bits per heavy atom. The predicted octanol–water partition coefficient (Wildman–Crippen LogP) is 2.74. The highest BCUT2D eigenvalue weighted by Crippen LogP contribution is 2.39. The number of hydroxylamine groups is 2. The van der Waals surface area contributed by atoms with E-state index in [1.807, 2.05) is 11.0 Å². The summed E-state index contributed by atoms with van der Waals surface area (Å²) in [6.07, 6.45) is 0. The zero-order chi connectivity index (χ0) is 30.8. The van der Waals surface area contributed by atoms with E-state index in [-0.39, 0.29) is 56.8 Å². The molecular formula is C28H28N2O12. The van der Waals surface area contributed by atoms with Gasteiger partial charge in [0.05, 0.1) is 53.8 Å². The first-order valence-corrected chi connectivity index (χ1v) is 11.9. The average Bonchev–Trinajstić information content (AvgIpc) is 3.03. The molecule has 0 aliphatic heterocycles. The lowest BCUT2D eigenvalue weighted by molar-refractivity contribution is 0.0226. The summed E-state index contributed by atoms with van der Waals surface area (Å²) in [6.45, 7) is 0. The maximum absolute atomic E-state index is 12.5. The maximum atomic E-state index is 12.5. The molecule has 2 amide bonds. The van der Waals surface area contributed by atoms with Crippen molar-refractivity contribution in [1.29, 1.82) is 0 Å². The van der Waals surface area contributed by atoms with Crippen LogP contribution in [0, 0.1) is 0 Å². The monoisotopic (exact) mass is 584 g/mol. The van der Waals surface area contributed by atoms with Crippen LogP contribution >= 0.6 is 0 Å². The number of carbonyl (C=O) groups is 4. The van der Waals surface area contributed by atoms with Crippen LogP contribution in [0.1, 0.15) is 41.4 Å². The summed E-state index contributed by atoms with van der Waals surface area (Å²) in [7, 11) is 8.38. The quantitative estimate of drug-likeness (QED) is 0.335. The highest BCUT2D eigenvalue weighted by Gasteiger charge is 2.21. The van der Waals surface area contributed by atoms with Crippen LogP contribution in [0.3, 0.4) is 0 Å². The first-order valence-electron chi connectivity index (χ1n) is 11.9. The van der Waals surface area contributed by atoms with Crippen molar-refractivity contribution in [3.8, 4) is 34.5 Å². The smallest absolute Gasteiger partial charge is 0.363 e. The lowest BCUT2D eigenvalue weighted by atomic mass is 10.1. The Hall–Kier alpha value is -5.66.